The minimum atomic E-state index is -4.35. The van der Waals surface area contributed by atoms with Crippen LogP contribution < -0.4 is 5.32 Å². The highest BCUT2D eigenvalue weighted by Crippen LogP contribution is 2.35. The van der Waals surface area contributed by atoms with Crippen molar-refractivity contribution < 1.29 is 23.4 Å². The van der Waals surface area contributed by atoms with Crippen LogP contribution in [0.2, 0.25) is 0 Å². The summed E-state index contributed by atoms with van der Waals surface area (Å²) in [6.07, 6.45) is -2.22. The van der Waals surface area contributed by atoms with E-state index < -0.39 is 17.8 Å². The summed E-state index contributed by atoms with van der Waals surface area (Å²) in [6.45, 7) is 4.28. The van der Waals surface area contributed by atoms with E-state index in [4.69, 9.17) is 0 Å². The van der Waals surface area contributed by atoms with Crippen LogP contribution in [0.25, 0.3) is 0 Å². The molecule has 4 atom stereocenters. The Morgan fingerprint density at radius 1 is 1.13 bits per heavy atom. The van der Waals surface area contributed by atoms with E-state index >= 15 is 0 Å². The van der Waals surface area contributed by atoms with Crippen molar-refractivity contribution in [2.45, 2.75) is 57.5 Å². The average molecular weight is 423 g/mol. The van der Waals surface area contributed by atoms with Crippen molar-refractivity contribution >= 4 is 0 Å². The second-order valence-electron chi connectivity index (χ2n) is 8.26. The van der Waals surface area contributed by atoms with Gasteiger partial charge >= 0.3 is 6.18 Å². The monoisotopic (exact) mass is 423 g/mol. The van der Waals surface area contributed by atoms with Crippen LogP contribution in [0.3, 0.4) is 0 Å². The van der Waals surface area contributed by atoms with Crippen molar-refractivity contribution in [2.75, 3.05) is 6.61 Å². The first-order chi connectivity index (χ1) is 14.2. The Bertz CT molecular complexity index is 827. The molecule has 0 bridgehead atoms. The summed E-state index contributed by atoms with van der Waals surface area (Å²) < 4.78 is 38.2. The summed E-state index contributed by atoms with van der Waals surface area (Å²) in [5.74, 6) is 0.615. The number of rotatable bonds is 7. The first-order valence-electron chi connectivity index (χ1n) is 10.2. The summed E-state index contributed by atoms with van der Waals surface area (Å²) >= 11 is 0. The predicted molar refractivity (Wildman–Crippen MR) is 107 cm³/mol. The van der Waals surface area contributed by atoms with Crippen LogP contribution in [0.15, 0.2) is 36.5 Å². The molecule has 1 heterocycles. The van der Waals surface area contributed by atoms with Crippen LogP contribution in [-0.2, 0) is 19.1 Å². The zero-order valence-electron chi connectivity index (χ0n) is 17.1. The van der Waals surface area contributed by atoms with Crippen LogP contribution in [-0.4, -0.2) is 38.9 Å². The van der Waals surface area contributed by atoms with Gasteiger partial charge in [-0.05, 0) is 42.5 Å². The molecule has 1 saturated carbocycles. The van der Waals surface area contributed by atoms with Crippen molar-refractivity contribution in [3.63, 3.8) is 0 Å². The second kappa shape index (κ2) is 9.41. The number of nitrogens with zero attached hydrogens (tertiary/aromatic N) is 2. The summed E-state index contributed by atoms with van der Waals surface area (Å²) in [5.41, 5.74) is 0.908. The molecule has 164 valence electrons. The zero-order chi connectivity index (χ0) is 21.9. The molecule has 0 spiro atoms. The highest BCUT2D eigenvalue weighted by molar-refractivity contribution is 5.24. The number of benzene rings is 1. The number of alkyl halides is 3. The minimum Gasteiger partial charge on any atom is -0.396 e. The molecule has 1 fully saturated rings. The third-order valence-electron chi connectivity index (χ3n) is 5.81. The van der Waals surface area contributed by atoms with Gasteiger partial charge in [0, 0.05) is 42.9 Å². The van der Waals surface area contributed by atoms with Gasteiger partial charge in [0.1, 0.15) is 5.82 Å². The van der Waals surface area contributed by atoms with Gasteiger partial charge in [0.05, 0.1) is 11.7 Å². The lowest BCUT2D eigenvalue weighted by Gasteiger charge is -2.25. The number of nitrogens with one attached hydrogen (secondary N) is 1. The van der Waals surface area contributed by atoms with Crippen molar-refractivity contribution in [3.05, 3.63) is 59.2 Å². The van der Waals surface area contributed by atoms with Gasteiger partial charge in [0.15, 0.2) is 0 Å². The Balaban J connectivity index is 1.70. The number of hydrogen-bond donors (Lipinski definition) is 3. The first kappa shape index (κ1) is 22.7. The lowest BCUT2D eigenvalue weighted by atomic mass is 9.88. The van der Waals surface area contributed by atoms with Gasteiger partial charge in [-0.2, -0.15) is 13.2 Å². The Labute approximate surface area is 174 Å². The van der Waals surface area contributed by atoms with Gasteiger partial charge in [-0.15, -0.1) is 0 Å². The molecule has 8 heteroatoms. The molecule has 1 aromatic carbocycles. The van der Waals surface area contributed by atoms with E-state index in [1.165, 1.54) is 12.1 Å². The molecular formula is C22H28F3N3O2. The van der Waals surface area contributed by atoms with E-state index in [2.05, 4.69) is 15.3 Å². The van der Waals surface area contributed by atoms with Gasteiger partial charge in [-0.25, -0.2) is 9.97 Å². The fraction of sp³-hybridized carbons (Fsp3) is 0.545. The van der Waals surface area contributed by atoms with Crippen molar-refractivity contribution in [1.29, 1.82) is 0 Å². The fourth-order valence-electron chi connectivity index (χ4n) is 4.09. The second-order valence-corrected chi connectivity index (χ2v) is 8.26. The van der Waals surface area contributed by atoms with Crippen LogP contribution in [0.1, 0.15) is 48.8 Å². The zero-order valence-corrected chi connectivity index (χ0v) is 17.1. The van der Waals surface area contributed by atoms with Gasteiger partial charge in [0.25, 0.3) is 0 Å². The highest BCUT2D eigenvalue weighted by atomic mass is 19.4. The highest BCUT2D eigenvalue weighted by Gasteiger charge is 2.42. The Kier molecular flexibility index (Phi) is 7.10. The lowest BCUT2D eigenvalue weighted by molar-refractivity contribution is -0.137. The van der Waals surface area contributed by atoms with Gasteiger partial charge in [-0.1, -0.05) is 26.0 Å². The molecule has 0 saturated heterocycles. The maximum atomic E-state index is 12.7. The standard InChI is InChI=1S/C22H28F3N3O2/c1-13(2)21-26-8-7-16(28-21)9-17-18(12-29)20(30)10-19(17)27-11-14-3-5-15(6-4-14)22(23,24)25/h3-8,13,17-20,27,29-30H,9-12H2,1-2H3. The molecule has 5 nitrogen and oxygen atoms in total. The van der Waals surface area contributed by atoms with Crippen LogP contribution in [0.4, 0.5) is 13.2 Å². The average Bonchev–Trinajstić information content (AvgIpc) is 3.00. The molecule has 3 rings (SSSR count). The predicted octanol–water partition coefficient (Wildman–Crippen LogP) is 3.31. The maximum Gasteiger partial charge on any atom is 0.416 e. The van der Waals surface area contributed by atoms with Crippen LogP contribution in [0.5, 0.6) is 0 Å². The maximum absolute atomic E-state index is 12.7. The fourth-order valence-corrected chi connectivity index (χ4v) is 4.09. The molecule has 1 aliphatic rings. The Morgan fingerprint density at radius 2 is 1.83 bits per heavy atom. The van der Waals surface area contributed by atoms with E-state index in [0.29, 0.717) is 19.4 Å². The van der Waals surface area contributed by atoms with Crippen LogP contribution in [0, 0.1) is 11.8 Å². The van der Waals surface area contributed by atoms with Crippen molar-refractivity contribution in [2.24, 2.45) is 11.8 Å². The molecule has 2 aromatic rings. The summed E-state index contributed by atoms with van der Waals surface area (Å²) in [5, 5.41) is 23.6. The van der Waals surface area contributed by atoms with Gasteiger partial charge in [0.2, 0.25) is 0 Å². The molecule has 0 amide bonds. The van der Waals surface area contributed by atoms with Crippen LogP contribution >= 0.6 is 0 Å². The normalized spacial score (nSPS) is 24.5. The summed E-state index contributed by atoms with van der Waals surface area (Å²) in [4.78, 5) is 8.89. The van der Waals surface area contributed by atoms with E-state index in [0.717, 1.165) is 29.2 Å². The van der Waals surface area contributed by atoms with E-state index in [9.17, 15) is 23.4 Å². The van der Waals surface area contributed by atoms with Crippen molar-refractivity contribution in [3.8, 4) is 0 Å². The van der Waals surface area contributed by atoms with Gasteiger partial charge < -0.3 is 15.5 Å². The molecule has 1 aromatic heterocycles. The molecule has 0 radical (unpaired) electrons. The Hall–Kier alpha value is -2.03. The number of aliphatic hydroxyl groups excluding tert-OH is 2. The van der Waals surface area contributed by atoms with Crippen molar-refractivity contribution in [1.82, 2.24) is 15.3 Å². The molecule has 3 N–H and O–H groups in total. The molecule has 1 aliphatic carbocycles. The Morgan fingerprint density at radius 3 is 2.43 bits per heavy atom. The smallest absolute Gasteiger partial charge is 0.396 e. The quantitative estimate of drug-likeness (QED) is 0.637. The lowest BCUT2D eigenvalue weighted by Crippen LogP contribution is -2.36. The third kappa shape index (κ3) is 5.36. The summed E-state index contributed by atoms with van der Waals surface area (Å²) in [7, 11) is 0. The number of halogens is 3. The van der Waals surface area contributed by atoms with E-state index in [-0.39, 0.29) is 30.4 Å². The third-order valence-corrected chi connectivity index (χ3v) is 5.81. The molecule has 0 aliphatic heterocycles. The van der Waals surface area contributed by atoms with E-state index in [1.54, 1.807) is 6.20 Å². The number of hydrogen-bond acceptors (Lipinski definition) is 5. The van der Waals surface area contributed by atoms with Gasteiger partial charge in [-0.3, -0.25) is 0 Å². The largest absolute Gasteiger partial charge is 0.416 e. The van der Waals surface area contributed by atoms with E-state index in [1.807, 2.05) is 19.9 Å². The SMILES string of the molecule is CC(C)c1nccc(CC2C(NCc3ccc(C(F)(F)F)cc3)CC(O)C2CO)n1. The first-order valence-corrected chi connectivity index (χ1v) is 10.2. The number of aromatic nitrogens is 2. The molecule has 4 unspecified atom stereocenters. The topological polar surface area (TPSA) is 78.3 Å². The minimum absolute atomic E-state index is 0.0469. The summed E-state index contributed by atoms with van der Waals surface area (Å²) in [6, 6.07) is 6.82. The number of aliphatic hydroxyl groups is 2. The molecular weight excluding hydrogens is 395 g/mol. The molecule has 30 heavy (non-hydrogen) atoms.